The maximum atomic E-state index is 12.5. The standard InChI is InChI=1S/C19H18BrClN2O2/c1-2-12-5-3-4-6-17(12)23-11-13(9-18(23)24)19(25)22-14-7-8-15(20)16(21)10-14/h3-8,10,13H,2,9,11H2,1H3,(H,22,25)/t13-/m0/s1. The lowest BCUT2D eigenvalue weighted by atomic mass is 10.1. The topological polar surface area (TPSA) is 49.4 Å². The van der Waals surface area contributed by atoms with E-state index in [4.69, 9.17) is 11.6 Å². The van der Waals surface area contributed by atoms with E-state index in [-0.39, 0.29) is 24.2 Å². The molecule has 0 bridgehead atoms. The number of amides is 2. The number of anilines is 2. The van der Waals surface area contributed by atoms with E-state index < -0.39 is 0 Å². The molecule has 4 nitrogen and oxygen atoms in total. The van der Waals surface area contributed by atoms with Crippen molar-refractivity contribution < 1.29 is 9.59 Å². The zero-order valence-corrected chi connectivity index (χ0v) is 16.1. The van der Waals surface area contributed by atoms with E-state index >= 15 is 0 Å². The molecule has 3 rings (SSSR count). The molecule has 6 heteroatoms. The quantitative estimate of drug-likeness (QED) is 0.781. The van der Waals surface area contributed by atoms with E-state index in [9.17, 15) is 9.59 Å². The summed E-state index contributed by atoms with van der Waals surface area (Å²) in [6, 6.07) is 13.1. The summed E-state index contributed by atoms with van der Waals surface area (Å²) in [6.45, 7) is 2.45. The van der Waals surface area contributed by atoms with Crippen LogP contribution in [0.4, 0.5) is 11.4 Å². The Bertz CT molecular complexity index is 825. The van der Waals surface area contributed by atoms with E-state index in [0.29, 0.717) is 17.3 Å². The van der Waals surface area contributed by atoms with Crippen LogP contribution in [-0.4, -0.2) is 18.4 Å². The number of nitrogens with one attached hydrogen (secondary N) is 1. The monoisotopic (exact) mass is 420 g/mol. The molecule has 0 saturated carbocycles. The average Bonchev–Trinajstić information content (AvgIpc) is 3.00. The summed E-state index contributed by atoms with van der Waals surface area (Å²) < 4.78 is 0.769. The average molecular weight is 422 g/mol. The fraction of sp³-hybridized carbons (Fsp3) is 0.263. The highest BCUT2D eigenvalue weighted by molar-refractivity contribution is 9.10. The number of rotatable bonds is 4. The van der Waals surface area contributed by atoms with Gasteiger partial charge in [-0.1, -0.05) is 36.7 Å². The van der Waals surface area contributed by atoms with Gasteiger partial charge in [0.2, 0.25) is 11.8 Å². The Morgan fingerprint density at radius 2 is 2.08 bits per heavy atom. The molecule has 2 aromatic carbocycles. The number of hydrogen-bond acceptors (Lipinski definition) is 2. The first kappa shape index (κ1) is 18.0. The van der Waals surface area contributed by atoms with Crippen molar-refractivity contribution in [3.05, 3.63) is 57.5 Å². The van der Waals surface area contributed by atoms with Crippen molar-refractivity contribution in [3.63, 3.8) is 0 Å². The summed E-state index contributed by atoms with van der Waals surface area (Å²) in [6.07, 6.45) is 1.06. The Balaban J connectivity index is 1.73. The molecule has 0 radical (unpaired) electrons. The third-order valence-electron chi connectivity index (χ3n) is 4.35. The maximum absolute atomic E-state index is 12.5. The lowest BCUT2D eigenvalue weighted by Crippen LogP contribution is -2.28. The second-order valence-electron chi connectivity index (χ2n) is 6.01. The van der Waals surface area contributed by atoms with Crippen LogP contribution in [0.5, 0.6) is 0 Å². The Morgan fingerprint density at radius 3 is 2.80 bits per heavy atom. The van der Waals surface area contributed by atoms with Crippen LogP contribution in [0.3, 0.4) is 0 Å². The molecule has 1 heterocycles. The van der Waals surface area contributed by atoms with Gasteiger partial charge in [0, 0.05) is 28.8 Å². The third kappa shape index (κ3) is 3.88. The van der Waals surface area contributed by atoms with E-state index in [2.05, 4.69) is 28.2 Å². The highest BCUT2D eigenvalue weighted by Gasteiger charge is 2.35. The summed E-state index contributed by atoms with van der Waals surface area (Å²) in [5.41, 5.74) is 2.63. The molecule has 1 saturated heterocycles. The molecule has 1 fully saturated rings. The van der Waals surface area contributed by atoms with Crippen molar-refractivity contribution in [2.75, 3.05) is 16.8 Å². The number of nitrogens with zero attached hydrogens (tertiary/aromatic N) is 1. The van der Waals surface area contributed by atoms with E-state index in [1.54, 1.807) is 23.1 Å². The minimum absolute atomic E-state index is 0.0186. The molecule has 0 spiro atoms. The Hall–Kier alpha value is -1.85. The second kappa shape index (κ2) is 7.58. The molecule has 1 atom stereocenters. The molecular weight excluding hydrogens is 404 g/mol. The van der Waals surface area contributed by atoms with Crippen molar-refractivity contribution in [3.8, 4) is 0 Å². The van der Waals surface area contributed by atoms with Gasteiger partial charge in [0.05, 0.1) is 10.9 Å². The van der Waals surface area contributed by atoms with E-state index in [0.717, 1.165) is 22.1 Å². The van der Waals surface area contributed by atoms with Crippen molar-refractivity contribution in [2.24, 2.45) is 5.92 Å². The van der Waals surface area contributed by atoms with E-state index in [1.165, 1.54) is 0 Å². The molecule has 1 aliphatic rings. The largest absolute Gasteiger partial charge is 0.326 e. The number of aryl methyl sites for hydroxylation is 1. The van der Waals surface area contributed by atoms with Crippen LogP contribution in [0.1, 0.15) is 18.9 Å². The molecule has 1 aliphatic heterocycles. The highest BCUT2D eigenvalue weighted by atomic mass is 79.9. The molecule has 0 aromatic heterocycles. The number of carbonyl (C=O) groups excluding carboxylic acids is 2. The van der Waals surface area contributed by atoms with Crippen LogP contribution >= 0.6 is 27.5 Å². The van der Waals surface area contributed by atoms with Gasteiger partial charge in [0.25, 0.3) is 0 Å². The summed E-state index contributed by atoms with van der Waals surface area (Å²) >= 11 is 9.38. The summed E-state index contributed by atoms with van der Waals surface area (Å²) in [5.74, 6) is -0.557. The first-order chi connectivity index (χ1) is 12.0. The van der Waals surface area contributed by atoms with Crippen molar-refractivity contribution in [1.29, 1.82) is 0 Å². The fourth-order valence-electron chi connectivity index (χ4n) is 3.01. The smallest absolute Gasteiger partial charge is 0.229 e. The predicted octanol–water partition coefficient (Wildman–Crippen LogP) is 4.66. The van der Waals surface area contributed by atoms with Gasteiger partial charge in [-0.2, -0.15) is 0 Å². The SMILES string of the molecule is CCc1ccccc1N1C[C@@H](C(=O)Nc2ccc(Br)c(Cl)c2)CC1=O. The number of para-hydroxylation sites is 1. The highest BCUT2D eigenvalue weighted by Crippen LogP contribution is 2.30. The minimum atomic E-state index is -0.375. The molecule has 130 valence electrons. The van der Waals surface area contributed by atoms with Crippen LogP contribution in [-0.2, 0) is 16.0 Å². The molecule has 0 aliphatic carbocycles. The van der Waals surface area contributed by atoms with Gasteiger partial charge >= 0.3 is 0 Å². The molecule has 2 aromatic rings. The Kier molecular flexibility index (Phi) is 5.45. The van der Waals surface area contributed by atoms with Crippen LogP contribution in [0, 0.1) is 5.92 Å². The Morgan fingerprint density at radius 1 is 1.32 bits per heavy atom. The predicted molar refractivity (Wildman–Crippen MR) is 104 cm³/mol. The molecule has 25 heavy (non-hydrogen) atoms. The van der Waals surface area contributed by atoms with Gasteiger partial charge in [-0.3, -0.25) is 9.59 Å². The first-order valence-electron chi connectivity index (χ1n) is 8.13. The van der Waals surface area contributed by atoms with Crippen LogP contribution in [0.25, 0.3) is 0 Å². The first-order valence-corrected chi connectivity index (χ1v) is 9.31. The lowest BCUT2D eigenvalue weighted by Gasteiger charge is -2.20. The summed E-state index contributed by atoms with van der Waals surface area (Å²) in [5, 5.41) is 3.38. The number of benzene rings is 2. The van der Waals surface area contributed by atoms with E-state index in [1.807, 2.05) is 24.3 Å². The van der Waals surface area contributed by atoms with Gasteiger partial charge in [-0.25, -0.2) is 0 Å². The molecule has 2 amide bonds. The lowest BCUT2D eigenvalue weighted by molar-refractivity contribution is -0.122. The van der Waals surface area contributed by atoms with Gasteiger partial charge in [0.1, 0.15) is 0 Å². The molecule has 1 N–H and O–H groups in total. The second-order valence-corrected chi connectivity index (χ2v) is 7.27. The summed E-state index contributed by atoms with van der Waals surface area (Å²) in [7, 11) is 0. The van der Waals surface area contributed by atoms with Crippen LogP contribution in [0.15, 0.2) is 46.9 Å². The zero-order valence-electron chi connectivity index (χ0n) is 13.8. The number of carbonyl (C=O) groups is 2. The van der Waals surface area contributed by atoms with Crippen LogP contribution in [0.2, 0.25) is 5.02 Å². The molecule has 0 unspecified atom stereocenters. The van der Waals surface area contributed by atoms with Gasteiger partial charge < -0.3 is 10.2 Å². The Labute approximate surface area is 160 Å². The summed E-state index contributed by atoms with van der Waals surface area (Å²) in [4.78, 5) is 26.7. The minimum Gasteiger partial charge on any atom is -0.326 e. The van der Waals surface area contributed by atoms with Crippen molar-refractivity contribution >= 4 is 50.7 Å². The number of halogens is 2. The van der Waals surface area contributed by atoms with Crippen molar-refractivity contribution in [1.82, 2.24) is 0 Å². The van der Waals surface area contributed by atoms with Gasteiger partial charge in [0.15, 0.2) is 0 Å². The number of hydrogen-bond donors (Lipinski definition) is 1. The van der Waals surface area contributed by atoms with Gasteiger partial charge in [-0.05, 0) is 52.2 Å². The zero-order chi connectivity index (χ0) is 18.0. The normalized spacial score (nSPS) is 17.0. The fourth-order valence-corrected chi connectivity index (χ4v) is 3.43. The third-order valence-corrected chi connectivity index (χ3v) is 5.58. The molecular formula is C19H18BrClN2O2. The maximum Gasteiger partial charge on any atom is 0.229 e. The van der Waals surface area contributed by atoms with Crippen LogP contribution < -0.4 is 10.2 Å². The van der Waals surface area contributed by atoms with Crippen molar-refractivity contribution in [2.45, 2.75) is 19.8 Å². The van der Waals surface area contributed by atoms with Gasteiger partial charge in [-0.15, -0.1) is 0 Å².